The lowest BCUT2D eigenvalue weighted by molar-refractivity contribution is -0.116. The predicted octanol–water partition coefficient (Wildman–Crippen LogP) is 3.83. The summed E-state index contributed by atoms with van der Waals surface area (Å²) in [5.74, 6) is 1.62. The number of pyridine rings is 1. The Hall–Kier alpha value is -3.28. The van der Waals surface area contributed by atoms with Crippen molar-refractivity contribution in [1.29, 1.82) is 0 Å². The van der Waals surface area contributed by atoms with E-state index in [1.54, 1.807) is 27.5 Å². The van der Waals surface area contributed by atoms with Crippen LogP contribution in [0.2, 0.25) is 0 Å². The number of carbonyl (C=O) groups is 1. The zero-order chi connectivity index (χ0) is 19.2. The molecule has 3 rings (SSSR count). The van der Waals surface area contributed by atoms with Crippen LogP contribution in [0.1, 0.15) is 12.0 Å². The molecule has 0 radical (unpaired) electrons. The molecule has 0 atom stereocenters. The van der Waals surface area contributed by atoms with Crippen LogP contribution in [0, 0.1) is 0 Å². The van der Waals surface area contributed by atoms with Crippen LogP contribution in [0.4, 0.5) is 5.69 Å². The van der Waals surface area contributed by atoms with Gasteiger partial charge in [0.1, 0.15) is 0 Å². The largest absolute Gasteiger partial charge is 0.493 e. The van der Waals surface area contributed by atoms with Crippen LogP contribution in [-0.4, -0.2) is 32.2 Å². The molecule has 6 heteroatoms. The van der Waals surface area contributed by atoms with Crippen LogP contribution < -0.4 is 19.5 Å². The van der Waals surface area contributed by atoms with Gasteiger partial charge in [-0.15, -0.1) is 0 Å². The number of rotatable bonds is 7. The number of ether oxygens (including phenoxy) is 3. The van der Waals surface area contributed by atoms with E-state index in [9.17, 15) is 4.79 Å². The minimum absolute atomic E-state index is 0.0693. The number of fused-ring (bicyclic) bond motifs is 1. The van der Waals surface area contributed by atoms with Gasteiger partial charge < -0.3 is 19.5 Å². The van der Waals surface area contributed by atoms with Crippen molar-refractivity contribution in [2.45, 2.75) is 12.8 Å². The molecule has 6 nitrogen and oxygen atoms in total. The molecule has 0 aliphatic heterocycles. The second-order valence-corrected chi connectivity index (χ2v) is 5.96. The van der Waals surface area contributed by atoms with Crippen LogP contribution in [0.5, 0.6) is 17.2 Å². The van der Waals surface area contributed by atoms with E-state index >= 15 is 0 Å². The lowest BCUT2D eigenvalue weighted by Crippen LogP contribution is -2.12. The summed E-state index contributed by atoms with van der Waals surface area (Å²) in [4.78, 5) is 16.7. The van der Waals surface area contributed by atoms with E-state index in [-0.39, 0.29) is 5.91 Å². The highest BCUT2D eigenvalue weighted by atomic mass is 16.5. The van der Waals surface area contributed by atoms with E-state index in [1.807, 2.05) is 42.5 Å². The van der Waals surface area contributed by atoms with Crippen LogP contribution in [0.3, 0.4) is 0 Å². The molecule has 0 saturated heterocycles. The van der Waals surface area contributed by atoms with Crippen LogP contribution >= 0.6 is 0 Å². The number of amides is 1. The quantitative estimate of drug-likeness (QED) is 0.688. The normalized spacial score (nSPS) is 10.5. The summed E-state index contributed by atoms with van der Waals surface area (Å²) in [6.07, 6.45) is 2.61. The zero-order valence-corrected chi connectivity index (χ0v) is 15.6. The average molecular weight is 366 g/mol. The first-order chi connectivity index (χ1) is 13.2. The zero-order valence-electron chi connectivity index (χ0n) is 15.6. The SMILES string of the molecule is COc1cc(CCC(=O)Nc2cccc3ncccc23)cc(OC)c1OC. The minimum atomic E-state index is -0.0693. The number of aryl methyl sites for hydroxylation is 1. The molecule has 0 saturated carbocycles. The van der Waals surface area contributed by atoms with Crippen molar-refractivity contribution in [3.63, 3.8) is 0 Å². The van der Waals surface area contributed by atoms with Gasteiger partial charge in [-0.1, -0.05) is 6.07 Å². The summed E-state index contributed by atoms with van der Waals surface area (Å²) < 4.78 is 16.0. The molecule has 3 aromatic rings. The third-order valence-electron chi connectivity index (χ3n) is 4.29. The Labute approximate surface area is 158 Å². The fourth-order valence-electron chi connectivity index (χ4n) is 2.96. The fraction of sp³-hybridized carbons (Fsp3) is 0.238. The van der Waals surface area contributed by atoms with Crippen molar-refractivity contribution in [1.82, 2.24) is 4.98 Å². The van der Waals surface area contributed by atoms with Gasteiger partial charge in [-0.25, -0.2) is 0 Å². The molecule has 0 aliphatic carbocycles. The Morgan fingerprint density at radius 1 is 1.00 bits per heavy atom. The molecule has 0 spiro atoms. The Balaban J connectivity index is 1.72. The summed E-state index contributed by atoms with van der Waals surface area (Å²) in [5.41, 5.74) is 2.54. The van der Waals surface area contributed by atoms with E-state index in [2.05, 4.69) is 10.3 Å². The number of carbonyl (C=O) groups excluding carboxylic acids is 1. The van der Waals surface area contributed by atoms with E-state index in [1.165, 1.54) is 0 Å². The van der Waals surface area contributed by atoms with Gasteiger partial charge in [-0.3, -0.25) is 9.78 Å². The lowest BCUT2D eigenvalue weighted by atomic mass is 10.1. The molecule has 1 aromatic heterocycles. The van der Waals surface area contributed by atoms with E-state index in [0.717, 1.165) is 22.2 Å². The first-order valence-corrected chi connectivity index (χ1v) is 8.58. The Morgan fingerprint density at radius 2 is 1.74 bits per heavy atom. The number of nitrogens with zero attached hydrogens (tertiary/aromatic N) is 1. The molecule has 0 fully saturated rings. The summed E-state index contributed by atoms with van der Waals surface area (Å²) in [5, 5.41) is 3.89. The number of hydrogen-bond acceptors (Lipinski definition) is 5. The highest BCUT2D eigenvalue weighted by Gasteiger charge is 2.14. The van der Waals surface area contributed by atoms with Crippen molar-refractivity contribution in [3.05, 3.63) is 54.2 Å². The van der Waals surface area contributed by atoms with Crippen LogP contribution in [0.15, 0.2) is 48.7 Å². The summed E-state index contributed by atoms with van der Waals surface area (Å²) in [6.45, 7) is 0. The number of nitrogens with one attached hydrogen (secondary N) is 1. The molecule has 1 heterocycles. The Morgan fingerprint density at radius 3 is 2.41 bits per heavy atom. The molecule has 27 heavy (non-hydrogen) atoms. The predicted molar refractivity (Wildman–Crippen MR) is 105 cm³/mol. The van der Waals surface area contributed by atoms with Gasteiger partial charge in [-0.05, 0) is 48.4 Å². The standard InChI is InChI=1S/C21H22N2O4/c1-25-18-12-14(13-19(26-2)21(18)27-3)9-10-20(24)23-17-8-4-7-16-15(17)6-5-11-22-16/h4-8,11-13H,9-10H2,1-3H3,(H,23,24). The fourth-order valence-corrected chi connectivity index (χ4v) is 2.96. The summed E-state index contributed by atoms with van der Waals surface area (Å²) >= 11 is 0. The smallest absolute Gasteiger partial charge is 0.224 e. The van der Waals surface area contributed by atoms with Gasteiger partial charge in [0, 0.05) is 18.0 Å². The second kappa shape index (κ2) is 8.40. The van der Waals surface area contributed by atoms with Crippen LogP contribution in [-0.2, 0) is 11.2 Å². The lowest BCUT2D eigenvalue weighted by Gasteiger charge is -2.14. The molecule has 2 aromatic carbocycles. The third kappa shape index (κ3) is 4.11. The Bertz CT molecular complexity index is 926. The first kappa shape index (κ1) is 18.5. The van der Waals surface area contributed by atoms with E-state index in [0.29, 0.717) is 30.1 Å². The monoisotopic (exact) mass is 366 g/mol. The van der Waals surface area contributed by atoms with Gasteiger partial charge in [0.15, 0.2) is 11.5 Å². The highest BCUT2D eigenvalue weighted by Crippen LogP contribution is 2.38. The van der Waals surface area contributed by atoms with Gasteiger partial charge in [0.25, 0.3) is 0 Å². The second-order valence-electron chi connectivity index (χ2n) is 5.96. The molecule has 0 bridgehead atoms. The molecular formula is C21H22N2O4. The number of methoxy groups -OCH3 is 3. The van der Waals surface area contributed by atoms with Crippen molar-refractivity contribution in [2.75, 3.05) is 26.6 Å². The van der Waals surface area contributed by atoms with Gasteiger partial charge in [0.05, 0.1) is 32.5 Å². The first-order valence-electron chi connectivity index (χ1n) is 8.58. The summed E-state index contributed by atoms with van der Waals surface area (Å²) in [7, 11) is 4.71. The molecule has 0 unspecified atom stereocenters. The third-order valence-corrected chi connectivity index (χ3v) is 4.29. The number of benzene rings is 2. The van der Waals surface area contributed by atoms with Crippen molar-refractivity contribution >= 4 is 22.5 Å². The molecule has 1 amide bonds. The molecule has 140 valence electrons. The van der Waals surface area contributed by atoms with E-state index in [4.69, 9.17) is 14.2 Å². The van der Waals surface area contributed by atoms with Gasteiger partial charge in [-0.2, -0.15) is 0 Å². The Kier molecular flexibility index (Phi) is 5.76. The van der Waals surface area contributed by atoms with E-state index < -0.39 is 0 Å². The number of aromatic nitrogens is 1. The molecule has 0 aliphatic rings. The van der Waals surface area contributed by atoms with Crippen molar-refractivity contribution < 1.29 is 19.0 Å². The maximum atomic E-state index is 12.4. The maximum absolute atomic E-state index is 12.4. The average Bonchev–Trinajstić information content (AvgIpc) is 2.71. The molecular weight excluding hydrogens is 344 g/mol. The van der Waals surface area contributed by atoms with Crippen molar-refractivity contribution in [3.8, 4) is 17.2 Å². The van der Waals surface area contributed by atoms with Crippen molar-refractivity contribution in [2.24, 2.45) is 0 Å². The van der Waals surface area contributed by atoms with Gasteiger partial charge in [0.2, 0.25) is 11.7 Å². The number of hydrogen-bond donors (Lipinski definition) is 1. The highest BCUT2D eigenvalue weighted by molar-refractivity contribution is 6.00. The maximum Gasteiger partial charge on any atom is 0.224 e. The minimum Gasteiger partial charge on any atom is -0.493 e. The molecule has 1 N–H and O–H groups in total. The number of anilines is 1. The van der Waals surface area contributed by atoms with Gasteiger partial charge >= 0.3 is 0 Å². The topological polar surface area (TPSA) is 69.7 Å². The van der Waals surface area contributed by atoms with Crippen LogP contribution in [0.25, 0.3) is 10.9 Å². The summed E-state index contributed by atoms with van der Waals surface area (Å²) in [6, 6.07) is 13.2.